The van der Waals surface area contributed by atoms with Gasteiger partial charge in [-0.25, -0.2) is 8.78 Å². The first-order valence-electron chi connectivity index (χ1n) is 6.19. The first kappa shape index (κ1) is 12.4. The van der Waals surface area contributed by atoms with E-state index in [1.807, 2.05) is 0 Å². The minimum atomic E-state index is -0.655. The molecule has 1 N–H and O–H groups in total. The SMILES string of the molecule is FCc1cnc(CC2CCCNCC2)c(F)c1. The second kappa shape index (κ2) is 6.05. The van der Waals surface area contributed by atoms with Gasteiger partial charge in [0.25, 0.3) is 0 Å². The third-order valence-corrected chi connectivity index (χ3v) is 3.31. The van der Waals surface area contributed by atoms with Crippen molar-refractivity contribution < 1.29 is 8.78 Å². The van der Waals surface area contributed by atoms with Crippen molar-refractivity contribution in [1.29, 1.82) is 0 Å². The van der Waals surface area contributed by atoms with Gasteiger partial charge in [-0.2, -0.15) is 0 Å². The highest BCUT2D eigenvalue weighted by atomic mass is 19.1. The smallest absolute Gasteiger partial charge is 0.145 e. The molecular weight excluding hydrogens is 222 g/mol. The third kappa shape index (κ3) is 3.46. The van der Waals surface area contributed by atoms with E-state index in [-0.39, 0.29) is 5.82 Å². The number of rotatable bonds is 3. The third-order valence-electron chi connectivity index (χ3n) is 3.31. The Bertz CT molecular complexity index is 360. The molecule has 1 aromatic rings. The summed E-state index contributed by atoms with van der Waals surface area (Å²) in [5, 5.41) is 3.33. The molecule has 1 saturated heterocycles. The highest BCUT2D eigenvalue weighted by molar-refractivity contribution is 5.16. The van der Waals surface area contributed by atoms with Crippen LogP contribution in [0, 0.1) is 11.7 Å². The second-order valence-corrected chi connectivity index (χ2v) is 4.66. The van der Waals surface area contributed by atoms with E-state index in [1.165, 1.54) is 12.3 Å². The molecule has 0 aliphatic carbocycles. The summed E-state index contributed by atoms with van der Waals surface area (Å²) in [4.78, 5) is 4.04. The Labute approximate surface area is 100 Å². The number of halogens is 2. The fraction of sp³-hybridized carbons (Fsp3) is 0.615. The lowest BCUT2D eigenvalue weighted by Crippen LogP contribution is -2.15. The van der Waals surface area contributed by atoms with Gasteiger partial charge in [-0.15, -0.1) is 0 Å². The second-order valence-electron chi connectivity index (χ2n) is 4.66. The van der Waals surface area contributed by atoms with Crippen molar-refractivity contribution in [3.05, 3.63) is 29.3 Å². The first-order valence-corrected chi connectivity index (χ1v) is 6.19. The van der Waals surface area contributed by atoms with Crippen molar-refractivity contribution >= 4 is 0 Å². The zero-order valence-corrected chi connectivity index (χ0v) is 9.88. The van der Waals surface area contributed by atoms with Gasteiger partial charge in [-0.3, -0.25) is 4.98 Å². The van der Waals surface area contributed by atoms with E-state index in [0.29, 0.717) is 23.6 Å². The largest absolute Gasteiger partial charge is 0.317 e. The molecule has 2 nitrogen and oxygen atoms in total. The molecule has 2 heterocycles. The minimum Gasteiger partial charge on any atom is -0.317 e. The van der Waals surface area contributed by atoms with Crippen LogP contribution in [0.25, 0.3) is 0 Å². The summed E-state index contributed by atoms with van der Waals surface area (Å²) in [5.41, 5.74) is 0.794. The fourth-order valence-electron chi connectivity index (χ4n) is 2.30. The van der Waals surface area contributed by atoms with E-state index in [1.54, 1.807) is 0 Å². The number of nitrogens with zero attached hydrogens (tertiary/aromatic N) is 1. The van der Waals surface area contributed by atoms with Crippen LogP contribution >= 0.6 is 0 Å². The fourth-order valence-corrected chi connectivity index (χ4v) is 2.30. The minimum absolute atomic E-state index is 0.314. The molecule has 94 valence electrons. The van der Waals surface area contributed by atoms with Crippen LogP contribution in [0.5, 0.6) is 0 Å². The van der Waals surface area contributed by atoms with Gasteiger partial charge < -0.3 is 5.32 Å². The van der Waals surface area contributed by atoms with Gasteiger partial charge in [0.2, 0.25) is 0 Å². The standard InChI is InChI=1S/C13H18F2N2/c14-8-11-6-12(15)13(17-9-11)7-10-2-1-4-16-5-3-10/h6,9-10,16H,1-5,7-8H2. The molecule has 0 aromatic carbocycles. The van der Waals surface area contributed by atoms with Crippen molar-refractivity contribution in [2.24, 2.45) is 5.92 Å². The van der Waals surface area contributed by atoms with Crippen LogP contribution in [-0.2, 0) is 13.1 Å². The summed E-state index contributed by atoms with van der Waals surface area (Å²) in [6.07, 6.45) is 5.41. The molecule has 0 bridgehead atoms. The van der Waals surface area contributed by atoms with Gasteiger partial charge >= 0.3 is 0 Å². The highest BCUT2D eigenvalue weighted by Crippen LogP contribution is 2.20. The van der Waals surface area contributed by atoms with Gasteiger partial charge in [-0.1, -0.05) is 0 Å². The molecule has 1 aliphatic heterocycles. The van der Waals surface area contributed by atoms with Gasteiger partial charge in [0, 0.05) is 11.8 Å². The first-order chi connectivity index (χ1) is 8.29. The molecule has 1 aromatic heterocycles. The summed E-state index contributed by atoms with van der Waals surface area (Å²) in [7, 11) is 0. The van der Waals surface area contributed by atoms with Crippen LogP contribution in [0.2, 0.25) is 0 Å². The van der Waals surface area contributed by atoms with Gasteiger partial charge in [-0.05, 0) is 50.8 Å². The quantitative estimate of drug-likeness (QED) is 0.878. The van der Waals surface area contributed by atoms with Crippen molar-refractivity contribution in [2.75, 3.05) is 13.1 Å². The van der Waals surface area contributed by atoms with Gasteiger partial charge in [0.1, 0.15) is 12.5 Å². The van der Waals surface area contributed by atoms with Crippen LogP contribution < -0.4 is 5.32 Å². The molecule has 2 rings (SSSR count). The molecule has 0 saturated carbocycles. The predicted octanol–water partition coefficient (Wildman–Crippen LogP) is 2.62. The van der Waals surface area contributed by atoms with E-state index < -0.39 is 6.67 Å². The van der Waals surface area contributed by atoms with Gasteiger partial charge in [0.15, 0.2) is 0 Å². The summed E-state index contributed by atoms with van der Waals surface area (Å²) >= 11 is 0. The Morgan fingerprint density at radius 1 is 1.35 bits per heavy atom. The maximum absolute atomic E-state index is 13.6. The van der Waals surface area contributed by atoms with Crippen molar-refractivity contribution in [3.8, 4) is 0 Å². The number of nitrogens with one attached hydrogen (secondary N) is 1. The molecule has 4 heteroatoms. The van der Waals surface area contributed by atoms with E-state index >= 15 is 0 Å². The highest BCUT2D eigenvalue weighted by Gasteiger charge is 2.15. The van der Waals surface area contributed by atoms with Crippen LogP contribution in [0.3, 0.4) is 0 Å². The van der Waals surface area contributed by atoms with E-state index in [9.17, 15) is 8.78 Å². The molecular formula is C13H18F2N2. The topological polar surface area (TPSA) is 24.9 Å². The van der Waals surface area contributed by atoms with E-state index in [2.05, 4.69) is 10.3 Å². The number of hydrogen-bond donors (Lipinski definition) is 1. The van der Waals surface area contributed by atoms with E-state index in [0.717, 1.165) is 32.4 Å². The molecule has 1 fully saturated rings. The van der Waals surface area contributed by atoms with Crippen molar-refractivity contribution in [1.82, 2.24) is 10.3 Å². The molecule has 1 aliphatic rings. The lowest BCUT2D eigenvalue weighted by atomic mass is 9.95. The lowest BCUT2D eigenvalue weighted by Gasteiger charge is -2.13. The summed E-state index contributed by atoms with van der Waals surface area (Å²) in [5.74, 6) is 0.126. The molecule has 0 spiro atoms. The van der Waals surface area contributed by atoms with Crippen LogP contribution in [0.1, 0.15) is 30.5 Å². The van der Waals surface area contributed by atoms with Gasteiger partial charge in [0.05, 0.1) is 5.69 Å². The Hall–Kier alpha value is -1.03. The van der Waals surface area contributed by atoms with E-state index in [4.69, 9.17) is 0 Å². The normalized spacial score (nSPS) is 21.2. The molecule has 0 amide bonds. The molecule has 1 unspecified atom stereocenters. The predicted molar refractivity (Wildman–Crippen MR) is 62.9 cm³/mol. The summed E-state index contributed by atoms with van der Waals surface area (Å²) in [6.45, 7) is 1.39. The Morgan fingerprint density at radius 2 is 2.24 bits per heavy atom. The van der Waals surface area contributed by atoms with Crippen molar-refractivity contribution in [3.63, 3.8) is 0 Å². The Balaban J connectivity index is 2.01. The van der Waals surface area contributed by atoms with Crippen molar-refractivity contribution in [2.45, 2.75) is 32.4 Å². The zero-order chi connectivity index (χ0) is 12.1. The maximum atomic E-state index is 13.6. The lowest BCUT2D eigenvalue weighted by molar-refractivity contribution is 0.447. The Morgan fingerprint density at radius 3 is 3.00 bits per heavy atom. The average Bonchev–Trinajstić information content (AvgIpc) is 2.60. The summed E-state index contributed by atoms with van der Waals surface area (Å²) < 4.78 is 26.0. The Kier molecular flexibility index (Phi) is 4.42. The summed E-state index contributed by atoms with van der Waals surface area (Å²) in [6, 6.07) is 1.26. The van der Waals surface area contributed by atoms with Crippen LogP contribution in [0.4, 0.5) is 8.78 Å². The van der Waals surface area contributed by atoms with Crippen LogP contribution in [0.15, 0.2) is 12.3 Å². The average molecular weight is 240 g/mol. The number of aromatic nitrogens is 1. The van der Waals surface area contributed by atoms with Crippen LogP contribution in [-0.4, -0.2) is 18.1 Å². The molecule has 17 heavy (non-hydrogen) atoms. The molecule has 0 radical (unpaired) electrons. The number of alkyl halides is 1. The number of hydrogen-bond acceptors (Lipinski definition) is 2. The zero-order valence-electron chi connectivity index (χ0n) is 9.88. The monoisotopic (exact) mass is 240 g/mol. The number of pyridine rings is 1. The molecule has 1 atom stereocenters. The maximum Gasteiger partial charge on any atom is 0.145 e.